The van der Waals surface area contributed by atoms with E-state index in [9.17, 15) is 0 Å². The summed E-state index contributed by atoms with van der Waals surface area (Å²) < 4.78 is 5.94. The largest absolute Gasteiger partial charge is 0.485 e. The van der Waals surface area contributed by atoms with Crippen LogP contribution in [0, 0.1) is 6.92 Å². The fourth-order valence-corrected chi connectivity index (χ4v) is 2.06. The molecule has 0 amide bonds. The first-order valence-corrected chi connectivity index (χ1v) is 6.48. The highest BCUT2D eigenvalue weighted by Gasteiger charge is 2.19. The smallest absolute Gasteiger partial charge is 0.145 e. The van der Waals surface area contributed by atoms with Crippen LogP contribution >= 0.6 is 0 Å². The molecular formula is C15H22N2O. The molecular weight excluding hydrogens is 224 g/mol. The molecule has 1 aliphatic heterocycles. The zero-order chi connectivity index (χ0) is 13.2. The summed E-state index contributed by atoms with van der Waals surface area (Å²) in [5, 5.41) is 3.22. The summed E-state index contributed by atoms with van der Waals surface area (Å²) in [6.45, 7) is 11.0. The van der Waals surface area contributed by atoms with Crippen molar-refractivity contribution < 1.29 is 4.74 Å². The van der Waals surface area contributed by atoms with Crippen LogP contribution in [0.25, 0.3) is 0 Å². The number of aryl methyl sites for hydroxylation is 1. The van der Waals surface area contributed by atoms with Crippen molar-refractivity contribution in [3.05, 3.63) is 29.3 Å². The molecule has 1 aliphatic rings. The zero-order valence-electron chi connectivity index (χ0n) is 11.7. The van der Waals surface area contributed by atoms with Gasteiger partial charge in [0.25, 0.3) is 0 Å². The molecule has 0 saturated carbocycles. The number of benzene rings is 1. The summed E-state index contributed by atoms with van der Waals surface area (Å²) >= 11 is 0. The van der Waals surface area contributed by atoms with Gasteiger partial charge in [0.2, 0.25) is 0 Å². The number of hydrogen-bond acceptors (Lipinski definition) is 3. The van der Waals surface area contributed by atoms with E-state index in [4.69, 9.17) is 4.74 Å². The predicted octanol–water partition coefficient (Wildman–Crippen LogP) is 2.67. The Labute approximate surface area is 109 Å². The Hall–Kier alpha value is -1.51. The quantitative estimate of drug-likeness (QED) is 0.889. The molecule has 1 heterocycles. The Kier molecular flexibility index (Phi) is 3.60. The van der Waals surface area contributed by atoms with Crippen molar-refractivity contribution in [1.29, 1.82) is 0 Å². The molecule has 2 rings (SSSR count). The topological polar surface area (TPSA) is 33.6 Å². The van der Waals surface area contributed by atoms with E-state index in [2.05, 4.69) is 56.2 Å². The Balaban J connectivity index is 2.17. The number of hydrogen-bond donors (Lipinski definition) is 1. The molecule has 1 aromatic rings. The highest BCUT2D eigenvalue weighted by molar-refractivity contribution is 5.85. The lowest BCUT2D eigenvalue weighted by Crippen LogP contribution is -2.25. The second kappa shape index (κ2) is 5.01. The lowest BCUT2D eigenvalue weighted by atomic mass is 9.86. The van der Waals surface area contributed by atoms with Gasteiger partial charge in [-0.1, -0.05) is 32.9 Å². The second-order valence-electron chi connectivity index (χ2n) is 5.79. The third-order valence-electron chi connectivity index (χ3n) is 3.05. The number of amidine groups is 1. The molecule has 0 bridgehead atoms. The van der Waals surface area contributed by atoms with E-state index in [1.54, 1.807) is 0 Å². The van der Waals surface area contributed by atoms with Crippen molar-refractivity contribution in [3.8, 4) is 5.75 Å². The Morgan fingerprint density at radius 1 is 1.33 bits per heavy atom. The van der Waals surface area contributed by atoms with E-state index in [-0.39, 0.29) is 5.41 Å². The van der Waals surface area contributed by atoms with Crippen molar-refractivity contribution in [2.45, 2.75) is 33.1 Å². The number of ether oxygens (including phenoxy) is 1. The number of nitrogens with zero attached hydrogens (tertiary/aromatic N) is 1. The average molecular weight is 246 g/mol. The number of nitrogens with one attached hydrogen (secondary N) is 1. The molecule has 0 aromatic heterocycles. The maximum absolute atomic E-state index is 5.94. The van der Waals surface area contributed by atoms with E-state index in [1.165, 1.54) is 11.1 Å². The van der Waals surface area contributed by atoms with Gasteiger partial charge in [0.15, 0.2) is 0 Å². The molecule has 0 spiro atoms. The molecule has 0 atom stereocenters. The van der Waals surface area contributed by atoms with E-state index in [0.29, 0.717) is 6.61 Å². The summed E-state index contributed by atoms with van der Waals surface area (Å²) in [6.07, 6.45) is 0. The van der Waals surface area contributed by atoms with Crippen LogP contribution in [-0.2, 0) is 5.41 Å². The van der Waals surface area contributed by atoms with Gasteiger partial charge < -0.3 is 10.1 Å². The lowest BCUT2D eigenvalue weighted by Gasteiger charge is -2.23. The SMILES string of the molecule is Cc1ccc(C(C)(C)C)c(OCC2=NCCN2)c1. The summed E-state index contributed by atoms with van der Waals surface area (Å²) in [4.78, 5) is 4.35. The molecule has 3 heteroatoms. The standard InChI is InChI=1S/C15H22N2O/c1-11-5-6-12(15(2,3)4)13(9-11)18-10-14-16-7-8-17-14/h5-6,9H,7-8,10H2,1-4H3,(H,16,17). The fraction of sp³-hybridized carbons (Fsp3) is 0.533. The maximum atomic E-state index is 5.94. The number of aliphatic imine (C=N–C) groups is 1. The van der Waals surface area contributed by atoms with Crippen LogP contribution in [0.5, 0.6) is 5.75 Å². The number of rotatable bonds is 3. The van der Waals surface area contributed by atoms with Crippen molar-refractivity contribution in [2.75, 3.05) is 19.7 Å². The third kappa shape index (κ3) is 3.03. The summed E-state index contributed by atoms with van der Waals surface area (Å²) in [5.41, 5.74) is 2.56. The maximum Gasteiger partial charge on any atom is 0.145 e. The first-order chi connectivity index (χ1) is 8.47. The van der Waals surface area contributed by atoms with Gasteiger partial charge in [-0.3, -0.25) is 4.99 Å². The molecule has 0 fully saturated rings. The Morgan fingerprint density at radius 2 is 2.11 bits per heavy atom. The van der Waals surface area contributed by atoms with Crippen LogP contribution in [0.1, 0.15) is 31.9 Å². The summed E-state index contributed by atoms with van der Waals surface area (Å²) in [5.74, 6) is 1.93. The molecule has 1 aromatic carbocycles. The van der Waals surface area contributed by atoms with Crippen molar-refractivity contribution in [1.82, 2.24) is 5.32 Å². The Bertz CT molecular complexity index is 458. The van der Waals surface area contributed by atoms with E-state index >= 15 is 0 Å². The van der Waals surface area contributed by atoms with E-state index in [0.717, 1.165) is 24.7 Å². The van der Waals surface area contributed by atoms with Crippen LogP contribution < -0.4 is 10.1 Å². The zero-order valence-corrected chi connectivity index (χ0v) is 11.7. The normalized spacial score (nSPS) is 15.2. The molecule has 0 aliphatic carbocycles. The summed E-state index contributed by atoms with van der Waals surface area (Å²) in [6, 6.07) is 6.41. The van der Waals surface area contributed by atoms with Gasteiger partial charge in [-0.05, 0) is 29.5 Å². The molecule has 1 N–H and O–H groups in total. The predicted molar refractivity (Wildman–Crippen MR) is 75.7 cm³/mol. The minimum atomic E-state index is 0.0912. The Morgan fingerprint density at radius 3 is 2.72 bits per heavy atom. The summed E-state index contributed by atoms with van der Waals surface area (Å²) in [7, 11) is 0. The molecule has 98 valence electrons. The minimum absolute atomic E-state index is 0.0912. The van der Waals surface area contributed by atoms with Crippen LogP contribution in [-0.4, -0.2) is 25.5 Å². The first kappa shape index (κ1) is 12.9. The first-order valence-electron chi connectivity index (χ1n) is 6.48. The van der Waals surface area contributed by atoms with Crippen molar-refractivity contribution in [3.63, 3.8) is 0 Å². The van der Waals surface area contributed by atoms with Crippen LogP contribution in [0.2, 0.25) is 0 Å². The average Bonchev–Trinajstić information content (AvgIpc) is 2.77. The van der Waals surface area contributed by atoms with Crippen molar-refractivity contribution in [2.24, 2.45) is 4.99 Å². The minimum Gasteiger partial charge on any atom is -0.485 e. The van der Waals surface area contributed by atoms with Gasteiger partial charge in [0, 0.05) is 6.54 Å². The molecule has 0 unspecified atom stereocenters. The van der Waals surface area contributed by atoms with Gasteiger partial charge in [-0.2, -0.15) is 0 Å². The van der Waals surface area contributed by atoms with Crippen LogP contribution in [0.4, 0.5) is 0 Å². The monoisotopic (exact) mass is 246 g/mol. The molecule has 0 radical (unpaired) electrons. The molecule has 0 saturated heterocycles. The lowest BCUT2D eigenvalue weighted by molar-refractivity contribution is 0.360. The van der Waals surface area contributed by atoms with Gasteiger partial charge in [0.1, 0.15) is 18.2 Å². The second-order valence-corrected chi connectivity index (χ2v) is 5.79. The van der Waals surface area contributed by atoms with Crippen molar-refractivity contribution >= 4 is 5.84 Å². The highest BCUT2D eigenvalue weighted by Crippen LogP contribution is 2.32. The van der Waals surface area contributed by atoms with Crippen LogP contribution in [0.3, 0.4) is 0 Å². The van der Waals surface area contributed by atoms with Gasteiger partial charge >= 0.3 is 0 Å². The van der Waals surface area contributed by atoms with Crippen LogP contribution in [0.15, 0.2) is 23.2 Å². The van der Waals surface area contributed by atoms with Gasteiger partial charge in [0.05, 0.1) is 6.54 Å². The van der Waals surface area contributed by atoms with Gasteiger partial charge in [-0.25, -0.2) is 0 Å². The van der Waals surface area contributed by atoms with E-state index < -0.39 is 0 Å². The fourth-order valence-electron chi connectivity index (χ4n) is 2.06. The van der Waals surface area contributed by atoms with Gasteiger partial charge in [-0.15, -0.1) is 0 Å². The van der Waals surface area contributed by atoms with E-state index in [1.807, 2.05) is 0 Å². The molecule has 3 nitrogen and oxygen atoms in total. The molecule has 18 heavy (non-hydrogen) atoms. The third-order valence-corrected chi connectivity index (χ3v) is 3.05. The highest BCUT2D eigenvalue weighted by atomic mass is 16.5.